The first-order chi connectivity index (χ1) is 7.43. The summed E-state index contributed by atoms with van der Waals surface area (Å²) in [4.78, 5) is 4.19. The molecule has 0 amide bonds. The Labute approximate surface area is 88.8 Å². The summed E-state index contributed by atoms with van der Waals surface area (Å²) < 4.78 is 1.97. The summed E-state index contributed by atoms with van der Waals surface area (Å²) in [5, 5.41) is 4.15. The zero-order valence-electron chi connectivity index (χ0n) is 8.43. The van der Waals surface area contributed by atoms with Crippen LogP contribution in [-0.4, -0.2) is 14.8 Å². The number of hydrogen-bond donors (Lipinski definition) is 0. The number of rotatable bonds is 3. The monoisotopic (exact) mass is 198 g/mol. The van der Waals surface area contributed by atoms with Crippen molar-refractivity contribution >= 4 is 0 Å². The molecule has 1 fully saturated rings. The highest BCUT2D eigenvalue weighted by atomic mass is 15.3. The molecule has 0 spiro atoms. The van der Waals surface area contributed by atoms with Crippen LogP contribution >= 0.6 is 0 Å². The highest BCUT2D eigenvalue weighted by molar-refractivity contribution is 5.54. The first-order valence-electron chi connectivity index (χ1n) is 5.30. The third-order valence-electron chi connectivity index (χ3n) is 2.73. The van der Waals surface area contributed by atoms with E-state index < -0.39 is 0 Å². The Bertz CT molecular complexity index is 443. The second kappa shape index (κ2) is 3.50. The number of aromatic nitrogens is 3. The minimum atomic E-state index is 0.808. The summed E-state index contributed by atoms with van der Waals surface area (Å²) in [7, 11) is 0. The molecule has 1 aromatic carbocycles. The summed E-state index contributed by atoms with van der Waals surface area (Å²) in [5.41, 5.74) is 1.12. The third-order valence-corrected chi connectivity index (χ3v) is 2.73. The Morgan fingerprint density at radius 3 is 2.80 bits per heavy atom. The topological polar surface area (TPSA) is 30.7 Å². The van der Waals surface area contributed by atoms with E-state index in [1.807, 2.05) is 22.9 Å². The van der Waals surface area contributed by atoms with Crippen molar-refractivity contribution in [1.29, 1.82) is 0 Å². The van der Waals surface area contributed by atoms with Crippen LogP contribution in [-0.2, 0) is 6.54 Å². The molecule has 15 heavy (non-hydrogen) atoms. The van der Waals surface area contributed by atoms with Crippen LogP contribution in [0.5, 0.6) is 0 Å². The largest absolute Gasteiger partial charge is 0.245 e. The molecule has 0 aliphatic heterocycles. The highest BCUT2D eigenvalue weighted by Gasteiger charge is 2.23. The van der Waals surface area contributed by atoms with Crippen molar-refractivity contribution in [3.8, 4) is 11.4 Å². The van der Waals surface area contributed by atoms with Gasteiger partial charge in [0.25, 0.3) is 0 Å². The summed E-state index contributed by atoms with van der Waals surface area (Å²) in [6.45, 7) is 0.987. The quantitative estimate of drug-likeness (QED) is 0.756. The van der Waals surface area contributed by atoms with Gasteiger partial charge in [-0.25, -0.2) is 9.67 Å². The average molecular weight is 198 g/mol. The lowest BCUT2D eigenvalue weighted by molar-refractivity contribution is 0.567. The lowest BCUT2D eigenvalue weighted by Gasteiger charge is -2.04. The van der Waals surface area contributed by atoms with E-state index in [9.17, 15) is 0 Å². The van der Waals surface area contributed by atoms with Crippen LogP contribution in [0.2, 0.25) is 0 Å². The van der Waals surface area contributed by atoms with E-state index >= 15 is 0 Å². The smallest absolute Gasteiger partial charge is 0.221 e. The van der Waals surface area contributed by atoms with E-state index in [2.05, 4.69) is 28.5 Å². The lowest BCUT2D eigenvalue weighted by atomic mass is 10.2. The van der Waals surface area contributed by atoms with E-state index in [0.29, 0.717) is 0 Å². The van der Waals surface area contributed by atoms with Gasteiger partial charge in [0.05, 0.1) is 0 Å². The minimum absolute atomic E-state index is 0.808. The maximum Gasteiger partial charge on any atom is 0.221 e. The van der Waals surface area contributed by atoms with Gasteiger partial charge in [-0.1, -0.05) is 30.3 Å². The van der Waals surface area contributed by atoms with Gasteiger partial charge in [0.1, 0.15) is 0 Å². The van der Waals surface area contributed by atoms with Crippen LogP contribution < -0.4 is 0 Å². The van der Waals surface area contributed by atoms with Gasteiger partial charge >= 0.3 is 0 Å². The summed E-state index contributed by atoms with van der Waals surface area (Å²) in [5.74, 6) is 1.74. The van der Waals surface area contributed by atoms with E-state index in [1.54, 1.807) is 0 Å². The molecule has 1 aliphatic rings. The van der Waals surface area contributed by atoms with E-state index in [1.165, 1.54) is 12.8 Å². The molecule has 75 valence electrons. The molecule has 3 rings (SSSR count). The van der Waals surface area contributed by atoms with Crippen LogP contribution in [0, 0.1) is 12.2 Å². The molecule has 0 atom stereocenters. The van der Waals surface area contributed by atoms with Gasteiger partial charge in [0.2, 0.25) is 6.33 Å². The second-order valence-electron chi connectivity index (χ2n) is 4.03. The van der Waals surface area contributed by atoms with Crippen LogP contribution in [0.4, 0.5) is 0 Å². The molecule has 1 radical (unpaired) electrons. The van der Waals surface area contributed by atoms with Gasteiger partial charge in [0, 0.05) is 12.1 Å². The molecular formula is C12H12N3. The third kappa shape index (κ3) is 1.77. The van der Waals surface area contributed by atoms with Crippen molar-refractivity contribution < 1.29 is 0 Å². The van der Waals surface area contributed by atoms with Gasteiger partial charge in [-0.05, 0) is 18.8 Å². The van der Waals surface area contributed by atoms with Crippen molar-refractivity contribution in [2.24, 2.45) is 5.92 Å². The molecule has 3 heteroatoms. The molecule has 2 aromatic rings. The second-order valence-corrected chi connectivity index (χ2v) is 4.03. The molecule has 0 bridgehead atoms. The Hall–Kier alpha value is -1.64. The van der Waals surface area contributed by atoms with Gasteiger partial charge in [-0.2, -0.15) is 0 Å². The average Bonchev–Trinajstić information content (AvgIpc) is 2.96. The van der Waals surface area contributed by atoms with Crippen LogP contribution in [0.25, 0.3) is 11.4 Å². The fourth-order valence-corrected chi connectivity index (χ4v) is 1.70. The van der Waals surface area contributed by atoms with E-state index in [0.717, 1.165) is 23.9 Å². The Kier molecular flexibility index (Phi) is 2.02. The first kappa shape index (κ1) is 8.65. The van der Waals surface area contributed by atoms with Crippen molar-refractivity contribution in [2.45, 2.75) is 19.4 Å². The summed E-state index contributed by atoms with van der Waals surface area (Å²) in [6, 6.07) is 10.2. The van der Waals surface area contributed by atoms with E-state index in [-0.39, 0.29) is 0 Å². The van der Waals surface area contributed by atoms with E-state index in [4.69, 9.17) is 0 Å². The van der Waals surface area contributed by atoms with Gasteiger partial charge in [-0.3, -0.25) is 0 Å². The SMILES string of the molecule is [c]1nc(-c2ccccc2)n(CC2CC2)n1. The minimum Gasteiger partial charge on any atom is -0.245 e. The zero-order valence-corrected chi connectivity index (χ0v) is 8.43. The summed E-state index contributed by atoms with van der Waals surface area (Å²) in [6.07, 6.45) is 5.35. The molecule has 0 unspecified atom stereocenters. The number of nitrogens with zero attached hydrogens (tertiary/aromatic N) is 3. The fraction of sp³-hybridized carbons (Fsp3) is 0.333. The molecule has 3 nitrogen and oxygen atoms in total. The van der Waals surface area contributed by atoms with Crippen molar-refractivity contribution in [2.75, 3.05) is 0 Å². The number of hydrogen-bond acceptors (Lipinski definition) is 2. The number of benzene rings is 1. The van der Waals surface area contributed by atoms with Gasteiger partial charge in [0.15, 0.2) is 5.82 Å². The van der Waals surface area contributed by atoms with Crippen LogP contribution in [0.15, 0.2) is 30.3 Å². The maximum absolute atomic E-state index is 4.19. The molecular weight excluding hydrogens is 186 g/mol. The Morgan fingerprint density at radius 2 is 2.07 bits per heavy atom. The summed E-state index contributed by atoms with van der Waals surface area (Å²) >= 11 is 0. The Morgan fingerprint density at radius 1 is 1.27 bits per heavy atom. The molecule has 1 aliphatic carbocycles. The van der Waals surface area contributed by atoms with Crippen molar-refractivity contribution in [1.82, 2.24) is 14.8 Å². The molecule has 1 heterocycles. The predicted molar refractivity (Wildman–Crippen MR) is 57.0 cm³/mol. The standard InChI is InChI=1S/C12H12N3/c1-2-4-11(5-3-1)12-13-9-14-15(12)8-10-6-7-10/h1-5,10H,6-8H2. The van der Waals surface area contributed by atoms with Crippen LogP contribution in [0.3, 0.4) is 0 Å². The first-order valence-corrected chi connectivity index (χ1v) is 5.30. The van der Waals surface area contributed by atoms with Crippen molar-refractivity contribution in [3.05, 3.63) is 36.7 Å². The predicted octanol–water partition coefficient (Wildman–Crippen LogP) is 2.16. The zero-order chi connectivity index (χ0) is 10.1. The van der Waals surface area contributed by atoms with Crippen LogP contribution in [0.1, 0.15) is 12.8 Å². The Balaban J connectivity index is 1.93. The lowest BCUT2D eigenvalue weighted by Crippen LogP contribution is -2.04. The van der Waals surface area contributed by atoms with Gasteiger partial charge in [-0.15, -0.1) is 5.10 Å². The van der Waals surface area contributed by atoms with Gasteiger partial charge < -0.3 is 0 Å². The molecule has 0 saturated heterocycles. The highest BCUT2D eigenvalue weighted by Crippen LogP contribution is 2.31. The molecule has 1 saturated carbocycles. The molecule has 0 N–H and O–H groups in total. The van der Waals surface area contributed by atoms with Crippen molar-refractivity contribution in [3.63, 3.8) is 0 Å². The maximum atomic E-state index is 4.19. The normalized spacial score (nSPS) is 15.5. The fourth-order valence-electron chi connectivity index (χ4n) is 1.70. The molecule has 1 aromatic heterocycles.